The fraction of sp³-hybridized carbons (Fsp3) is 0.0714. The summed E-state index contributed by atoms with van der Waals surface area (Å²) in [5, 5.41) is 8.33. The van der Waals surface area contributed by atoms with Crippen LogP contribution in [0.15, 0.2) is 102 Å². The highest BCUT2D eigenvalue weighted by Gasteiger charge is 2.15. The minimum atomic E-state index is -3.72. The van der Waals surface area contributed by atoms with Gasteiger partial charge in [0.25, 0.3) is 10.0 Å². The topological polar surface area (TPSA) is 96.0 Å². The van der Waals surface area contributed by atoms with Crippen LogP contribution in [0.1, 0.15) is 11.3 Å². The maximum Gasteiger partial charge on any atom is 0.261 e. The number of aryl methyl sites for hydroxylation is 2. The van der Waals surface area contributed by atoms with Crippen LogP contribution in [0.3, 0.4) is 0 Å². The van der Waals surface area contributed by atoms with Gasteiger partial charge in [0.05, 0.1) is 4.90 Å². The summed E-state index contributed by atoms with van der Waals surface area (Å²) in [5.74, 6) is 1.11. The number of nitrogens with zero attached hydrogens (tertiary/aromatic N) is 2. The summed E-state index contributed by atoms with van der Waals surface area (Å²) in [5.41, 5.74) is 4.12. The van der Waals surface area contributed by atoms with Crippen LogP contribution >= 0.6 is 0 Å². The van der Waals surface area contributed by atoms with Gasteiger partial charge in [-0.25, -0.2) is 13.4 Å². The monoisotopic (exact) mass is 495 g/mol. The summed E-state index contributed by atoms with van der Waals surface area (Å²) < 4.78 is 28.5. The Morgan fingerprint density at radius 2 is 1.28 bits per heavy atom. The van der Waals surface area contributed by atoms with Crippen LogP contribution < -0.4 is 15.4 Å². The van der Waals surface area contributed by atoms with E-state index in [0.717, 1.165) is 27.8 Å². The van der Waals surface area contributed by atoms with Gasteiger partial charge in [-0.15, -0.1) is 0 Å². The van der Waals surface area contributed by atoms with Crippen LogP contribution in [-0.2, 0) is 10.0 Å². The van der Waals surface area contributed by atoms with Crippen molar-refractivity contribution >= 4 is 49.6 Å². The van der Waals surface area contributed by atoms with Gasteiger partial charge in [-0.05, 0) is 73.2 Å². The van der Waals surface area contributed by atoms with Crippen LogP contribution in [0.2, 0.25) is 0 Å². The molecule has 0 bridgehead atoms. The van der Waals surface area contributed by atoms with Crippen LogP contribution in [0, 0.1) is 13.8 Å². The molecule has 0 fully saturated rings. The van der Waals surface area contributed by atoms with Crippen molar-refractivity contribution in [3.8, 4) is 0 Å². The van der Waals surface area contributed by atoms with E-state index in [-0.39, 0.29) is 4.90 Å². The number of sulfonamides is 1. The Bertz CT molecular complexity index is 1630. The zero-order valence-electron chi connectivity index (χ0n) is 19.9. The van der Waals surface area contributed by atoms with E-state index >= 15 is 0 Å². The minimum Gasteiger partial charge on any atom is -0.340 e. The van der Waals surface area contributed by atoms with Crippen LogP contribution in [0.4, 0.5) is 28.8 Å². The van der Waals surface area contributed by atoms with Crippen molar-refractivity contribution in [1.29, 1.82) is 0 Å². The molecule has 0 saturated carbocycles. The molecule has 3 N–H and O–H groups in total. The summed E-state index contributed by atoms with van der Waals surface area (Å²) in [4.78, 5) is 9.22. The normalized spacial score (nSPS) is 11.3. The molecule has 180 valence electrons. The van der Waals surface area contributed by atoms with Gasteiger partial charge < -0.3 is 10.6 Å². The molecule has 5 rings (SSSR count). The van der Waals surface area contributed by atoms with E-state index in [1.165, 1.54) is 5.56 Å². The number of nitrogens with one attached hydrogen (secondary N) is 3. The van der Waals surface area contributed by atoms with E-state index < -0.39 is 10.0 Å². The average molecular weight is 496 g/mol. The zero-order chi connectivity index (χ0) is 25.1. The van der Waals surface area contributed by atoms with E-state index in [4.69, 9.17) is 0 Å². The molecule has 1 aromatic heterocycles. The number of benzene rings is 4. The van der Waals surface area contributed by atoms with E-state index in [9.17, 15) is 8.42 Å². The van der Waals surface area contributed by atoms with Gasteiger partial charge in [0, 0.05) is 28.8 Å². The second-order valence-electron chi connectivity index (χ2n) is 8.53. The van der Waals surface area contributed by atoms with Gasteiger partial charge in [0.15, 0.2) is 0 Å². The lowest BCUT2D eigenvalue weighted by Crippen LogP contribution is -2.12. The number of anilines is 5. The van der Waals surface area contributed by atoms with Crippen LogP contribution in [-0.4, -0.2) is 18.4 Å². The lowest BCUT2D eigenvalue weighted by Gasteiger charge is -2.12. The van der Waals surface area contributed by atoms with Crippen molar-refractivity contribution in [3.63, 3.8) is 0 Å². The Hall–Kier alpha value is -4.43. The Morgan fingerprint density at radius 3 is 2.03 bits per heavy atom. The van der Waals surface area contributed by atoms with E-state index in [0.29, 0.717) is 17.5 Å². The average Bonchev–Trinajstić information content (AvgIpc) is 2.86. The minimum absolute atomic E-state index is 0.213. The molecule has 0 amide bonds. The first-order valence-electron chi connectivity index (χ1n) is 11.4. The Morgan fingerprint density at radius 1 is 0.639 bits per heavy atom. The molecule has 0 aliphatic rings. The quantitative estimate of drug-likeness (QED) is 0.237. The number of hydrogen-bond donors (Lipinski definition) is 3. The molecular weight excluding hydrogens is 470 g/mol. The molecular formula is C28H25N5O2S. The second kappa shape index (κ2) is 9.67. The predicted octanol–water partition coefficient (Wildman–Crippen LogP) is 6.53. The molecule has 1 heterocycles. The van der Waals surface area contributed by atoms with Crippen molar-refractivity contribution < 1.29 is 8.42 Å². The molecule has 0 atom stereocenters. The number of fused-ring (bicyclic) bond motifs is 1. The molecule has 36 heavy (non-hydrogen) atoms. The van der Waals surface area contributed by atoms with Gasteiger partial charge >= 0.3 is 0 Å². The third-order valence-electron chi connectivity index (χ3n) is 5.60. The van der Waals surface area contributed by atoms with Crippen molar-refractivity contribution in [1.82, 2.24) is 9.97 Å². The fourth-order valence-electron chi connectivity index (χ4n) is 3.77. The molecule has 0 aliphatic carbocycles. The lowest BCUT2D eigenvalue weighted by atomic mass is 10.1. The molecule has 0 spiro atoms. The standard InChI is InChI=1S/C28H25N5O2S/c1-19-7-10-23(11-8-19)30-27-17-20(2)29-28(32-27)31-24-12-14-25(15-13-24)33-36(34,35)26-16-9-21-5-3-4-6-22(21)18-26/h3-18,33H,1-2H3,(H2,29,30,31,32). The Balaban J connectivity index is 1.29. The molecule has 5 aromatic rings. The molecule has 0 aliphatic heterocycles. The first-order valence-corrected chi connectivity index (χ1v) is 12.9. The predicted molar refractivity (Wildman–Crippen MR) is 146 cm³/mol. The summed E-state index contributed by atoms with van der Waals surface area (Å²) in [6.45, 7) is 3.94. The third kappa shape index (κ3) is 5.45. The van der Waals surface area contributed by atoms with Crippen molar-refractivity contribution in [3.05, 3.63) is 108 Å². The zero-order valence-corrected chi connectivity index (χ0v) is 20.7. The molecule has 7 nitrogen and oxygen atoms in total. The molecule has 0 unspecified atom stereocenters. The van der Waals surface area contributed by atoms with Crippen LogP contribution in [0.5, 0.6) is 0 Å². The highest BCUT2D eigenvalue weighted by molar-refractivity contribution is 7.92. The highest BCUT2D eigenvalue weighted by Crippen LogP contribution is 2.24. The van der Waals surface area contributed by atoms with Gasteiger partial charge in [-0.3, -0.25) is 4.72 Å². The van der Waals surface area contributed by atoms with Gasteiger partial charge in [-0.2, -0.15) is 4.98 Å². The van der Waals surface area contributed by atoms with Gasteiger partial charge in [0.2, 0.25) is 5.95 Å². The fourth-order valence-corrected chi connectivity index (χ4v) is 4.87. The number of aromatic nitrogens is 2. The summed E-state index contributed by atoms with van der Waals surface area (Å²) in [6, 6.07) is 29.6. The molecule has 4 aromatic carbocycles. The summed E-state index contributed by atoms with van der Waals surface area (Å²) in [7, 11) is -3.72. The van der Waals surface area contributed by atoms with E-state index in [1.54, 1.807) is 42.5 Å². The van der Waals surface area contributed by atoms with Crippen molar-refractivity contribution in [2.24, 2.45) is 0 Å². The first-order chi connectivity index (χ1) is 17.3. The molecule has 0 saturated heterocycles. The van der Waals surface area contributed by atoms with Crippen molar-refractivity contribution in [2.45, 2.75) is 18.7 Å². The lowest BCUT2D eigenvalue weighted by molar-refractivity contribution is 0.601. The summed E-state index contributed by atoms with van der Waals surface area (Å²) >= 11 is 0. The van der Waals surface area contributed by atoms with Crippen molar-refractivity contribution in [2.75, 3.05) is 15.4 Å². The summed E-state index contributed by atoms with van der Waals surface area (Å²) in [6.07, 6.45) is 0. The molecule has 0 radical (unpaired) electrons. The first kappa shape index (κ1) is 23.3. The second-order valence-corrected chi connectivity index (χ2v) is 10.2. The molecule has 8 heteroatoms. The van der Waals surface area contributed by atoms with Crippen LogP contribution in [0.25, 0.3) is 10.8 Å². The number of hydrogen-bond acceptors (Lipinski definition) is 6. The number of rotatable bonds is 7. The third-order valence-corrected chi connectivity index (χ3v) is 6.98. The highest BCUT2D eigenvalue weighted by atomic mass is 32.2. The maximum atomic E-state index is 12.9. The largest absolute Gasteiger partial charge is 0.340 e. The van der Waals surface area contributed by atoms with Gasteiger partial charge in [0.1, 0.15) is 5.82 Å². The van der Waals surface area contributed by atoms with E-state index in [1.807, 2.05) is 68.4 Å². The SMILES string of the molecule is Cc1ccc(Nc2cc(C)nc(Nc3ccc(NS(=O)(=O)c4ccc5ccccc5c4)cc3)n2)cc1. The Kier molecular flexibility index (Phi) is 6.26. The maximum absolute atomic E-state index is 12.9. The van der Waals surface area contributed by atoms with Gasteiger partial charge in [-0.1, -0.05) is 48.0 Å². The Labute approximate surface area is 210 Å². The van der Waals surface area contributed by atoms with E-state index in [2.05, 4.69) is 25.3 Å². The smallest absolute Gasteiger partial charge is 0.261 e.